The number of hydrogen-bond acceptors (Lipinski definition) is 8. The van der Waals surface area contributed by atoms with Crippen molar-refractivity contribution in [1.82, 2.24) is 14.8 Å². The first-order valence-corrected chi connectivity index (χ1v) is 14.3. The Morgan fingerprint density at radius 1 is 1.20 bits per heavy atom. The predicted octanol–water partition coefficient (Wildman–Crippen LogP) is 2.79. The van der Waals surface area contributed by atoms with Gasteiger partial charge >= 0.3 is 5.97 Å². The number of aliphatic imine (C=N–C) groups is 1. The van der Waals surface area contributed by atoms with Crippen molar-refractivity contribution in [2.75, 3.05) is 51.2 Å². The average Bonchev–Trinajstić information content (AvgIpc) is 3.33. The molecule has 12 heteroatoms. The number of nitrogens with two attached hydrogens (primary N) is 1. The number of fused-ring (bicyclic) bond motifs is 2. The normalized spacial score (nSPS) is 24.2. The highest BCUT2D eigenvalue weighted by Crippen LogP contribution is 2.41. The molecular weight excluding hydrogens is 532 g/mol. The van der Waals surface area contributed by atoms with Gasteiger partial charge < -0.3 is 20.6 Å². The first-order chi connectivity index (χ1) is 19.7. The summed E-state index contributed by atoms with van der Waals surface area (Å²) in [5.41, 5.74) is 8.22. The fraction of sp³-hybridized carbons (Fsp3) is 0.586. The van der Waals surface area contributed by atoms with Gasteiger partial charge in [0.2, 0.25) is 5.91 Å². The van der Waals surface area contributed by atoms with Crippen molar-refractivity contribution in [3.63, 3.8) is 0 Å². The molecule has 2 unspecified atom stereocenters. The molecule has 41 heavy (non-hydrogen) atoms. The zero-order valence-corrected chi connectivity index (χ0v) is 23.7. The Morgan fingerprint density at radius 3 is 2.59 bits per heavy atom. The van der Waals surface area contributed by atoms with E-state index < -0.39 is 12.4 Å². The molecule has 10 nitrogen and oxygen atoms in total. The molecule has 4 aliphatic rings. The molecule has 2 saturated heterocycles. The number of rotatable bonds is 6. The molecule has 0 aliphatic carbocycles. The number of benzene rings is 1. The lowest BCUT2D eigenvalue weighted by Gasteiger charge is -2.43. The number of carbonyl (C=O) groups is 2. The Kier molecular flexibility index (Phi) is 8.58. The number of anilines is 1. The van der Waals surface area contributed by atoms with E-state index in [1.807, 2.05) is 15.9 Å². The average molecular weight is 572 g/mol. The summed E-state index contributed by atoms with van der Waals surface area (Å²) < 4.78 is 28.8. The first-order valence-electron chi connectivity index (χ1n) is 14.3. The summed E-state index contributed by atoms with van der Waals surface area (Å²) in [7, 11) is 1.58. The molecule has 0 spiro atoms. The van der Waals surface area contributed by atoms with Crippen molar-refractivity contribution in [3.8, 4) is 0 Å². The van der Waals surface area contributed by atoms with Crippen molar-refractivity contribution >= 4 is 35.2 Å². The van der Waals surface area contributed by atoms with Crippen LogP contribution in [0.15, 0.2) is 28.4 Å². The van der Waals surface area contributed by atoms with E-state index in [1.165, 1.54) is 12.4 Å². The molecule has 3 N–H and O–H groups in total. The topological polar surface area (TPSA) is 118 Å². The van der Waals surface area contributed by atoms with E-state index in [9.17, 15) is 23.5 Å². The first kappa shape index (κ1) is 29.0. The van der Waals surface area contributed by atoms with Gasteiger partial charge in [-0.3, -0.25) is 24.5 Å². The second-order valence-electron chi connectivity index (χ2n) is 11.3. The van der Waals surface area contributed by atoms with Crippen molar-refractivity contribution in [1.29, 1.82) is 0 Å². The smallest absolute Gasteiger partial charge is 0.317 e. The molecule has 222 valence electrons. The number of amidine groups is 1. The standard InChI is InChI=1S/C29H39F2N7O3/c1-18(39)36-11-7-25-24(16-36)29(34-38(25)21-5-9-35(10-6-21)17-27(40)41)37-8-3-4-19-12-22(20(14-32)15-33-2)23(28(30)31)13-26(19)37/h12-15,21,24-25,28H,3-11,16-17,32H2,1-2H3,(H,40,41). The van der Waals surface area contributed by atoms with E-state index in [2.05, 4.69) is 14.9 Å². The van der Waals surface area contributed by atoms with Crippen molar-refractivity contribution in [2.45, 2.75) is 57.5 Å². The minimum Gasteiger partial charge on any atom is -0.480 e. The number of allylic oxidation sites excluding steroid dienone is 1. The number of aliphatic carboxylic acids is 1. The number of aryl methyl sites for hydroxylation is 1. The molecular formula is C29H39F2N7O3. The minimum absolute atomic E-state index is 0.0191. The summed E-state index contributed by atoms with van der Waals surface area (Å²) in [4.78, 5) is 33.5. The lowest BCUT2D eigenvalue weighted by molar-refractivity contribution is -0.139. The van der Waals surface area contributed by atoms with Crippen LogP contribution < -0.4 is 10.6 Å². The number of halogens is 2. The van der Waals surface area contributed by atoms with Crippen LogP contribution in [-0.4, -0.2) is 102 Å². The molecule has 0 aromatic heterocycles. The van der Waals surface area contributed by atoms with Gasteiger partial charge in [-0.15, -0.1) is 0 Å². The largest absolute Gasteiger partial charge is 0.480 e. The van der Waals surface area contributed by atoms with Crippen LogP contribution >= 0.6 is 0 Å². The lowest BCUT2D eigenvalue weighted by Crippen LogP contribution is -2.54. The zero-order chi connectivity index (χ0) is 29.3. The minimum atomic E-state index is -2.70. The van der Waals surface area contributed by atoms with Crippen LogP contribution in [0, 0.1) is 5.92 Å². The molecule has 1 aromatic rings. The van der Waals surface area contributed by atoms with E-state index in [1.54, 1.807) is 20.0 Å². The fourth-order valence-corrected chi connectivity index (χ4v) is 6.86. The second-order valence-corrected chi connectivity index (χ2v) is 11.3. The molecule has 1 aromatic carbocycles. The molecule has 0 bridgehead atoms. The van der Waals surface area contributed by atoms with E-state index in [4.69, 9.17) is 10.8 Å². The summed E-state index contributed by atoms with van der Waals surface area (Å²) in [5.74, 6) is -0.0251. The van der Waals surface area contributed by atoms with E-state index in [0.29, 0.717) is 43.9 Å². The van der Waals surface area contributed by atoms with Gasteiger partial charge in [-0.2, -0.15) is 5.10 Å². The van der Waals surface area contributed by atoms with Crippen LogP contribution in [0.4, 0.5) is 14.5 Å². The molecule has 4 aliphatic heterocycles. The third-order valence-corrected chi connectivity index (χ3v) is 8.84. The highest BCUT2D eigenvalue weighted by molar-refractivity contribution is 6.11. The van der Waals surface area contributed by atoms with E-state index in [-0.39, 0.29) is 36.0 Å². The third kappa shape index (κ3) is 5.79. The fourth-order valence-electron chi connectivity index (χ4n) is 6.86. The van der Waals surface area contributed by atoms with Crippen LogP contribution in [-0.2, 0) is 16.0 Å². The van der Waals surface area contributed by atoms with Gasteiger partial charge in [0.05, 0.1) is 18.5 Å². The molecule has 2 fully saturated rings. The Balaban J connectivity index is 1.51. The number of amides is 1. The van der Waals surface area contributed by atoms with Crippen LogP contribution in [0.2, 0.25) is 0 Å². The number of carbonyl (C=O) groups excluding carboxylic acids is 1. The number of carboxylic acids is 1. The maximum absolute atomic E-state index is 14.4. The monoisotopic (exact) mass is 571 g/mol. The summed E-state index contributed by atoms with van der Waals surface area (Å²) in [6.07, 6.45) is 4.06. The quantitative estimate of drug-likeness (QED) is 0.504. The molecule has 5 rings (SSSR count). The molecule has 0 radical (unpaired) electrons. The van der Waals surface area contributed by atoms with Gasteiger partial charge in [-0.05, 0) is 55.4 Å². The number of likely N-dealkylation sites (tertiary alicyclic amines) is 2. The molecule has 2 atom stereocenters. The second kappa shape index (κ2) is 12.1. The summed E-state index contributed by atoms with van der Waals surface area (Å²) in [6, 6.07) is 3.65. The third-order valence-electron chi connectivity index (χ3n) is 8.84. The van der Waals surface area contributed by atoms with Gasteiger partial charge in [0.25, 0.3) is 6.43 Å². The van der Waals surface area contributed by atoms with Gasteiger partial charge in [0.1, 0.15) is 5.84 Å². The maximum Gasteiger partial charge on any atom is 0.317 e. The van der Waals surface area contributed by atoms with Gasteiger partial charge in [-0.25, -0.2) is 8.78 Å². The Hall–Kier alpha value is -3.54. The molecule has 4 heterocycles. The predicted molar refractivity (Wildman–Crippen MR) is 154 cm³/mol. The number of hydrogen-bond donors (Lipinski definition) is 2. The number of alkyl halides is 2. The highest BCUT2D eigenvalue weighted by Gasteiger charge is 2.47. The number of carboxylic acid groups (broad SMARTS) is 1. The summed E-state index contributed by atoms with van der Waals surface area (Å²) >= 11 is 0. The Morgan fingerprint density at radius 2 is 1.95 bits per heavy atom. The number of nitrogens with zero attached hydrogens (tertiary/aromatic N) is 6. The lowest BCUT2D eigenvalue weighted by atomic mass is 9.87. The summed E-state index contributed by atoms with van der Waals surface area (Å²) in [5, 5.41) is 16.6. The Labute approximate surface area is 239 Å². The van der Waals surface area contributed by atoms with Gasteiger partial charge in [0, 0.05) is 82.0 Å². The van der Waals surface area contributed by atoms with Crippen molar-refractivity contribution < 1.29 is 23.5 Å². The van der Waals surface area contributed by atoms with Crippen LogP contribution in [0.1, 0.15) is 55.7 Å². The van der Waals surface area contributed by atoms with Gasteiger partial charge in [0.15, 0.2) is 0 Å². The van der Waals surface area contributed by atoms with Gasteiger partial charge in [-0.1, -0.05) is 0 Å². The molecule has 1 amide bonds. The maximum atomic E-state index is 14.4. The van der Waals surface area contributed by atoms with Crippen LogP contribution in [0.5, 0.6) is 0 Å². The number of piperidine rings is 2. The highest BCUT2D eigenvalue weighted by atomic mass is 19.3. The Bertz CT molecular complexity index is 1260. The summed E-state index contributed by atoms with van der Waals surface area (Å²) in [6.45, 7) is 4.81. The van der Waals surface area contributed by atoms with E-state index in [0.717, 1.165) is 49.2 Å². The number of hydrazone groups is 1. The SMILES string of the molecule is CN=CC(=CN)c1cc2c(cc1C(F)F)N(C1=NN(C3CCN(CC(=O)O)CC3)C3CCN(C(C)=O)CC13)CCC2. The molecule has 0 saturated carbocycles. The van der Waals surface area contributed by atoms with Crippen LogP contribution in [0.3, 0.4) is 0 Å². The van der Waals surface area contributed by atoms with Crippen LogP contribution in [0.25, 0.3) is 5.57 Å². The van der Waals surface area contributed by atoms with Crippen molar-refractivity contribution in [3.05, 3.63) is 35.0 Å². The van der Waals surface area contributed by atoms with Crippen molar-refractivity contribution in [2.24, 2.45) is 21.7 Å². The van der Waals surface area contributed by atoms with E-state index >= 15 is 0 Å². The zero-order valence-electron chi connectivity index (χ0n) is 23.7.